The Bertz CT molecular complexity index is 5650. The third-order valence-electron chi connectivity index (χ3n) is 17.4. The highest BCUT2D eigenvalue weighted by Crippen LogP contribution is 2.43. The van der Waals surface area contributed by atoms with Crippen LogP contribution in [0.15, 0.2) is 255 Å². The quantitative estimate of drug-likeness (QED) is 0.148. The van der Waals surface area contributed by atoms with Crippen molar-refractivity contribution in [3.8, 4) is 29.7 Å². The zero-order valence-corrected chi connectivity index (χ0v) is 44.8. The van der Waals surface area contributed by atoms with Crippen molar-refractivity contribution in [2.75, 3.05) is 0 Å². The molecule has 0 radical (unpaired) electrons. The van der Waals surface area contributed by atoms with Gasteiger partial charge in [0, 0.05) is 53.9 Å². The summed E-state index contributed by atoms with van der Waals surface area (Å²) in [6.45, 7) is 0.376. The molecular formula is C72H44N12. The van der Waals surface area contributed by atoms with E-state index in [1.165, 1.54) is 10.8 Å². The number of fused-ring (bicyclic) bond motifs is 19. The number of hydrogen-bond acceptors (Lipinski definition) is 4. The van der Waals surface area contributed by atoms with Gasteiger partial charge < -0.3 is 9.13 Å². The number of rotatable bonds is 7. The summed E-state index contributed by atoms with van der Waals surface area (Å²) in [7, 11) is 0. The van der Waals surface area contributed by atoms with Crippen LogP contribution in [0.25, 0.3) is 161 Å². The summed E-state index contributed by atoms with van der Waals surface area (Å²) in [5.41, 5.74) is 12.2. The molecule has 0 saturated carbocycles. The molecule has 0 saturated heterocycles. The van der Waals surface area contributed by atoms with Crippen LogP contribution in [0.1, 0.15) is 0 Å². The minimum Gasteiger partial charge on any atom is -0.364 e. The maximum atomic E-state index is 5.79. The molecule has 0 aliphatic carbocycles. The van der Waals surface area contributed by atoms with E-state index in [1.54, 1.807) is 0 Å². The van der Waals surface area contributed by atoms with Gasteiger partial charge in [0.05, 0.1) is 50.1 Å². The molecule has 0 amide bonds. The fourth-order valence-corrected chi connectivity index (χ4v) is 14.0. The highest BCUT2D eigenvalue weighted by molar-refractivity contribution is 6.26. The lowest BCUT2D eigenvalue weighted by Crippen LogP contribution is -2.44. The molecule has 0 bridgehead atoms. The molecule has 0 N–H and O–H groups in total. The van der Waals surface area contributed by atoms with Crippen molar-refractivity contribution in [2.24, 2.45) is 0 Å². The number of para-hydroxylation sites is 10. The van der Waals surface area contributed by atoms with Gasteiger partial charge >= 0.3 is 0 Å². The van der Waals surface area contributed by atoms with E-state index in [0.717, 1.165) is 120 Å². The Balaban J connectivity index is 0.931. The number of benzene rings is 11. The first-order valence-electron chi connectivity index (χ1n) is 28.3. The average molecular weight is 1080 g/mol. The molecule has 12 heteroatoms. The van der Waals surface area contributed by atoms with Crippen LogP contribution in [0.4, 0.5) is 0 Å². The van der Waals surface area contributed by atoms with Crippen molar-refractivity contribution in [1.29, 1.82) is 0 Å². The molecule has 8 heterocycles. The molecule has 12 nitrogen and oxygen atoms in total. The number of aromatic nitrogens is 12. The largest absolute Gasteiger partial charge is 0.364 e. The maximum Gasteiger partial charge on any atom is 0.271 e. The molecule has 84 heavy (non-hydrogen) atoms. The second kappa shape index (κ2) is 17.0. The van der Waals surface area contributed by atoms with Gasteiger partial charge in [-0.2, -0.15) is 15.0 Å². The van der Waals surface area contributed by atoms with E-state index < -0.39 is 0 Å². The lowest BCUT2D eigenvalue weighted by atomic mass is 10.1. The van der Waals surface area contributed by atoms with E-state index in [0.29, 0.717) is 36.4 Å². The van der Waals surface area contributed by atoms with E-state index in [1.807, 2.05) is 0 Å². The van der Waals surface area contributed by atoms with Crippen molar-refractivity contribution in [1.82, 2.24) is 52.4 Å². The summed E-state index contributed by atoms with van der Waals surface area (Å²) in [5.74, 6) is 2.74. The van der Waals surface area contributed by atoms with Gasteiger partial charge in [-0.25, -0.2) is 14.3 Å². The van der Waals surface area contributed by atoms with Crippen LogP contribution in [0.5, 0.6) is 0 Å². The lowest BCUT2D eigenvalue weighted by molar-refractivity contribution is -0.752. The maximum absolute atomic E-state index is 5.79. The molecule has 19 rings (SSSR count). The zero-order valence-electron chi connectivity index (χ0n) is 44.8. The van der Waals surface area contributed by atoms with E-state index in [9.17, 15) is 0 Å². The van der Waals surface area contributed by atoms with Crippen LogP contribution in [0.3, 0.4) is 0 Å². The molecule has 19 aromatic rings. The molecule has 0 fully saturated rings. The topological polar surface area (TPSA) is 99.1 Å². The number of nitrogens with zero attached hydrogens (tertiary/aromatic N) is 12. The van der Waals surface area contributed by atoms with Gasteiger partial charge in [0.25, 0.3) is 5.95 Å². The predicted molar refractivity (Wildman–Crippen MR) is 338 cm³/mol. The summed E-state index contributed by atoms with van der Waals surface area (Å²) in [5, 5.41) is 19.0. The van der Waals surface area contributed by atoms with Crippen molar-refractivity contribution < 1.29 is 4.68 Å². The van der Waals surface area contributed by atoms with Crippen molar-refractivity contribution in [3.05, 3.63) is 255 Å². The molecule has 0 aliphatic rings. The predicted octanol–water partition coefficient (Wildman–Crippen LogP) is 15.6. The Kier molecular flexibility index (Phi) is 9.11. The second-order valence-corrected chi connectivity index (χ2v) is 21.7. The summed E-state index contributed by atoms with van der Waals surface area (Å²) in [6.07, 6.45) is 0. The van der Waals surface area contributed by atoms with Crippen LogP contribution in [0.2, 0.25) is 0 Å². The molecule has 392 valence electrons. The van der Waals surface area contributed by atoms with Crippen LogP contribution < -0.4 is 9.78 Å². The normalized spacial score (nSPS) is 12.3. The van der Waals surface area contributed by atoms with E-state index in [2.05, 4.69) is 287 Å². The van der Waals surface area contributed by atoms with Gasteiger partial charge in [-0.15, -0.1) is 0 Å². The minimum atomic E-state index is 0.376. The SMILES string of the molecule is c1ccc2c(c1)c1ccccc1n2C[n+]1[n-]c(-n2c3ccccc3c3ccccc32)nc1-n1c2ccccc2c2ccc3c(c4ccccc4n3-c3nc(-n4c5ccccc5c5ccccc54)nc(-n4c5ccccc5c5ccccc54)n3)c21. The minimum absolute atomic E-state index is 0.376. The fourth-order valence-electron chi connectivity index (χ4n) is 14.0. The highest BCUT2D eigenvalue weighted by Gasteiger charge is 2.29. The zero-order chi connectivity index (χ0) is 54.7. The van der Waals surface area contributed by atoms with Crippen molar-refractivity contribution in [2.45, 2.75) is 6.67 Å². The number of hydrogen-bond donors (Lipinski definition) is 0. The first-order valence-corrected chi connectivity index (χ1v) is 28.3. The van der Waals surface area contributed by atoms with Crippen molar-refractivity contribution >= 4 is 131 Å². The molecule has 0 atom stereocenters. The first-order chi connectivity index (χ1) is 41.7. The smallest absolute Gasteiger partial charge is 0.271 e. The van der Waals surface area contributed by atoms with Gasteiger partial charge in [0.2, 0.25) is 17.8 Å². The van der Waals surface area contributed by atoms with Crippen molar-refractivity contribution in [3.63, 3.8) is 0 Å². The summed E-state index contributed by atoms with van der Waals surface area (Å²) in [4.78, 5) is 22.6. The van der Waals surface area contributed by atoms with E-state index >= 15 is 0 Å². The molecular weight excluding hydrogens is 1030 g/mol. The second-order valence-electron chi connectivity index (χ2n) is 21.7. The highest BCUT2D eigenvalue weighted by atomic mass is 15.5. The van der Waals surface area contributed by atoms with Gasteiger partial charge in [-0.05, 0) is 82.5 Å². The monoisotopic (exact) mass is 1080 g/mol. The Labute approximate surface area is 476 Å². The molecule has 0 aliphatic heterocycles. The third-order valence-corrected chi connectivity index (χ3v) is 17.4. The Morgan fingerprint density at radius 2 is 0.560 bits per heavy atom. The van der Waals surface area contributed by atoms with Crippen LogP contribution in [0, 0.1) is 0 Å². The van der Waals surface area contributed by atoms with Crippen LogP contribution >= 0.6 is 0 Å². The molecule has 0 unspecified atom stereocenters. The van der Waals surface area contributed by atoms with Crippen LogP contribution in [-0.2, 0) is 6.67 Å². The first kappa shape index (κ1) is 45.1. The van der Waals surface area contributed by atoms with Gasteiger partial charge in [-0.3, -0.25) is 18.7 Å². The average Bonchev–Trinajstić information content (AvgIpc) is 1.87. The third kappa shape index (κ3) is 6.11. The van der Waals surface area contributed by atoms with Gasteiger partial charge in [0.15, 0.2) is 6.67 Å². The standard InChI is InChI=1S/C72H44N12/c1-11-31-55-44(21-1)45-22-2-12-32-56(45)78(55)43-79-72(76-71(77-79)82-61-37-17-7-27-50(61)51-28-8-18-38-62(51)82)84-63-39-19-9-29-52(63)53-41-42-65-66(67(53)84)54-30-10-20-40-64(54)83(65)70-74-68(80-57-33-13-3-23-46(57)47-24-4-14-34-58(47)80)73-69(75-70)81-59-35-15-5-25-48(59)49-26-6-16-36-60(49)81/h1-42H,43H2. The summed E-state index contributed by atoms with van der Waals surface area (Å²) in [6, 6.07) is 90.3. The summed E-state index contributed by atoms with van der Waals surface area (Å²) < 4.78 is 15.7. The molecule has 0 spiro atoms. The van der Waals surface area contributed by atoms with E-state index in [4.69, 9.17) is 25.0 Å². The van der Waals surface area contributed by atoms with E-state index in [-0.39, 0.29) is 0 Å². The Hall–Kier alpha value is -11.6. The molecule has 11 aromatic carbocycles. The van der Waals surface area contributed by atoms with Crippen LogP contribution in [-0.4, -0.2) is 47.3 Å². The van der Waals surface area contributed by atoms with Gasteiger partial charge in [0.1, 0.15) is 11.0 Å². The Morgan fingerprint density at radius 3 is 0.964 bits per heavy atom. The fraction of sp³-hybridized carbons (Fsp3) is 0.0139. The molecule has 8 aromatic heterocycles. The summed E-state index contributed by atoms with van der Waals surface area (Å²) >= 11 is 0. The van der Waals surface area contributed by atoms with Gasteiger partial charge in [-0.1, -0.05) is 194 Å². The Morgan fingerprint density at radius 1 is 0.262 bits per heavy atom. The lowest BCUT2D eigenvalue weighted by Gasteiger charge is -2.14.